The number of amides is 2. The van der Waals surface area contributed by atoms with Gasteiger partial charge >= 0.3 is 0 Å². The van der Waals surface area contributed by atoms with Crippen LogP contribution in [0.25, 0.3) is 0 Å². The maximum Gasteiger partial charge on any atom is 0.244 e. The molecular formula is C26H35Cl2N3O4S. The van der Waals surface area contributed by atoms with Crippen LogP contribution in [0.3, 0.4) is 0 Å². The van der Waals surface area contributed by atoms with E-state index < -0.39 is 28.5 Å². The van der Waals surface area contributed by atoms with Gasteiger partial charge in [-0.15, -0.1) is 0 Å². The van der Waals surface area contributed by atoms with Gasteiger partial charge in [-0.1, -0.05) is 55.6 Å². The normalized spacial score (nSPS) is 12.2. The van der Waals surface area contributed by atoms with Gasteiger partial charge in [0, 0.05) is 23.1 Å². The molecule has 0 fully saturated rings. The number of nitrogens with zero attached hydrogens (tertiary/aromatic N) is 2. The van der Waals surface area contributed by atoms with Gasteiger partial charge in [0.1, 0.15) is 12.6 Å². The lowest BCUT2D eigenvalue weighted by molar-refractivity contribution is -0.140. The number of hydrogen-bond acceptors (Lipinski definition) is 4. The van der Waals surface area contributed by atoms with Gasteiger partial charge in [-0.05, 0) is 67.6 Å². The number of sulfonamides is 1. The van der Waals surface area contributed by atoms with Crippen molar-refractivity contribution in [1.82, 2.24) is 10.2 Å². The number of carbonyl (C=O) groups is 2. The lowest BCUT2D eigenvalue weighted by atomic mass is 10.1. The topological polar surface area (TPSA) is 86.8 Å². The van der Waals surface area contributed by atoms with Gasteiger partial charge in [0.2, 0.25) is 21.8 Å². The summed E-state index contributed by atoms with van der Waals surface area (Å²) in [5, 5.41) is 3.69. The fourth-order valence-corrected chi connectivity index (χ4v) is 5.06. The van der Waals surface area contributed by atoms with Crippen molar-refractivity contribution in [2.24, 2.45) is 0 Å². The lowest BCUT2D eigenvalue weighted by Gasteiger charge is -2.33. The molecule has 2 amide bonds. The zero-order valence-corrected chi connectivity index (χ0v) is 23.8. The van der Waals surface area contributed by atoms with E-state index in [2.05, 4.69) is 5.32 Å². The van der Waals surface area contributed by atoms with Gasteiger partial charge in [0.05, 0.1) is 11.9 Å². The van der Waals surface area contributed by atoms with Crippen molar-refractivity contribution in [2.75, 3.05) is 23.7 Å². The third kappa shape index (κ3) is 8.11. The highest BCUT2D eigenvalue weighted by molar-refractivity contribution is 7.92. The van der Waals surface area contributed by atoms with E-state index in [9.17, 15) is 18.0 Å². The number of carbonyl (C=O) groups excluding carboxylic acids is 2. The number of hydrogen-bond donors (Lipinski definition) is 1. The first-order valence-electron chi connectivity index (χ1n) is 11.9. The Labute approximate surface area is 224 Å². The highest BCUT2D eigenvalue weighted by Crippen LogP contribution is 2.25. The molecule has 2 rings (SSSR count). The monoisotopic (exact) mass is 555 g/mol. The number of benzene rings is 2. The summed E-state index contributed by atoms with van der Waals surface area (Å²) in [6.07, 6.45) is 3.13. The second-order valence-electron chi connectivity index (χ2n) is 8.86. The Morgan fingerprint density at radius 1 is 1.03 bits per heavy atom. The molecule has 0 saturated carbocycles. The molecule has 0 spiro atoms. The van der Waals surface area contributed by atoms with Crippen molar-refractivity contribution in [3.8, 4) is 0 Å². The first-order valence-corrected chi connectivity index (χ1v) is 14.6. The minimum absolute atomic E-state index is 0.0269. The molecule has 1 unspecified atom stereocenters. The number of anilines is 1. The van der Waals surface area contributed by atoms with Gasteiger partial charge in [0.15, 0.2) is 0 Å². The fourth-order valence-electron chi connectivity index (χ4n) is 3.75. The Bertz CT molecular complexity index is 1190. The fraction of sp³-hybridized carbons (Fsp3) is 0.462. The van der Waals surface area contributed by atoms with Gasteiger partial charge in [0.25, 0.3) is 0 Å². The molecule has 0 aliphatic heterocycles. The summed E-state index contributed by atoms with van der Waals surface area (Å²) in [5.74, 6) is -0.802. The molecule has 7 nitrogen and oxygen atoms in total. The third-order valence-electron chi connectivity index (χ3n) is 6.03. The summed E-state index contributed by atoms with van der Waals surface area (Å²) in [6.45, 7) is 7.71. The summed E-state index contributed by atoms with van der Waals surface area (Å²) in [6, 6.07) is 9.35. The molecular weight excluding hydrogens is 521 g/mol. The molecule has 10 heteroatoms. The van der Waals surface area contributed by atoms with Gasteiger partial charge < -0.3 is 10.2 Å². The molecule has 0 aromatic heterocycles. The molecule has 1 atom stereocenters. The van der Waals surface area contributed by atoms with E-state index in [-0.39, 0.29) is 12.5 Å². The van der Waals surface area contributed by atoms with Crippen molar-refractivity contribution in [3.63, 3.8) is 0 Å². The first-order chi connectivity index (χ1) is 16.9. The minimum atomic E-state index is -3.79. The Morgan fingerprint density at radius 3 is 2.28 bits per heavy atom. The molecule has 0 saturated heterocycles. The molecule has 2 aromatic rings. The maximum atomic E-state index is 13.7. The van der Waals surface area contributed by atoms with Crippen LogP contribution in [0.5, 0.6) is 0 Å². The molecule has 0 aliphatic carbocycles. The SMILES string of the molecule is CCCCNC(=O)C(CC)N(Cc1ccc(Cl)cc1Cl)C(=O)CN(c1ccc(C)c(C)c1)S(C)(=O)=O. The predicted octanol–water partition coefficient (Wildman–Crippen LogP) is 5.10. The summed E-state index contributed by atoms with van der Waals surface area (Å²) >= 11 is 12.4. The largest absolute Gasteiger partial charge is 0.354 e. The number of unbranched alkanes of at least 4 members (excludes halogenated alkanes) is 1. The van der Waals surface area contributed by atoms with E-state index >= 15 is 0 Å². The van der Waals surface area contributed by atoms with Gasteiger partial charge in [-0.3, -0.25) is 13.9 Å². The standard InChI is InChI=1S/C26H35Cl2N3O4S/c1-6-8-13-29-26(33)24(7-2)30(16-20-10-11-21(27)15-23(20)28)25(32)17-31(36(5,34)35)22-12-9-18(3)19(4)14-22/h9-12,14-15,24H,6-8,13,16-17H2,1-5H3,(H,29,33). The van der Waals surface area contributed by atoms with Crippen LogP contribution in [0, 0.1) is 13.8 Å². The molecule has 1 N–H and O–H groups in total. The highest BCUT2D eigenvalue weighted by Gasteiger charge is 2.32. The molecule has 0 bridgehead atoms. The van der Waals surface area contributed by atoms with Crippen molar-refractivity contribution >= 4 is 50.7 Å². The third-order valence-corrected chi connectivity index (χ3v) is 7.76. The van der Waals surface area contributed by atoms with Crippen LogP contribution in [-0.2, 0) is 26.2 Å². The zero-order chi connectivity index (χ0) is 27.0. The summed E-state index contributed by atoms with van der Waals surface area (Å²) in [5.41, 5.74) is 2.90. The van der Waals surface area contributed by atoms with Crippen LogP contribution in [0.4, 0.5) is 5.69 Å². The van der Waals surface area contributed by atoms with E-state index in [1.807, 2.05) is 33.8 Å². The van der Waals surface area contributed by atoms with E-state index in [0.29, 0.717) is 34.3 Å². The molecule has 0 radical (unpaired) electrons. The van der Waals surface area contributed by atoms with E-state index in [1.54, 1.807) is 30.3 Å². The molecule has 2 aromatic carbocycles. The van der Waals surface area contributed by atoms with Crippen LogP contribution in [-0.4, -0.2) is 50.5 Å². The average molecular weight is 557 g/mol. The summed E-state index contributed by atoms with van der Waals surface area (Å²) < 4.78 is 26.5. The average Bonchev–Trinajstić information content (AvgIpc) is 2.80. The van der Waals surface area contributed by atoms with Crippen molar-refractivity contribution < 1.29 is 18.0 Å². The highest BCUT2D eigenvalue weighted by atomic mass is 35.5. The van der Waals surface area contributed by atoms with E-state index in [1.165, 1.54) is 4.90 Å². The van der Waals surface area contributed by atoms with Gasteiger partial charge in [-0.2, -0.15) is 0 Å². The van der Waals surface area contributed by atoms with Crippen LogP contribution >= 0.6 is 23.2 Å². The van der Waals surface area contributed by atoms with Crippen molar-refractivity contribution in [2.45, 2.75) is 59.5 Å². The van der Waals surface area contributed by atoms with Crippen LogP contribution < -0.4 is 9.62 Å². The zero-order valence-electron chi connectivity index (χ0n) is 21.5. The Hall–Kier alpha value is -2.29. The second-order valence-corrected chi connectivity index (χ2v) is 11.6. The number of aryl methyl sites for hydroxylation is 2. The van der Waals surface area contributed by atoms with Crippen LogP contribution in [0.15, 0.2) is 36.4 Å². The van der Waals surface area contributed by atoms with Crippen LogP contribution in [0.1, 0.15) is 49.8 Å². The maximum absolute atomic E-state index is 13.7. The molecule has 36 heavy (non-hydrogen) atoms. The Kier molecular flexibility index (Phi) is 11.1. The quantitative estimate of drug-likeness (QED) is 0.369. The number of halogens is 2. The molecule has 0 heterocycles. The van der Waals surface area contributed by atoms with E-state index in [4.69, 9.17) is 23.2 Å². The first kappa shape index (κ1) is 29.9. The lowest BCUT2D eigenvalue weighted by Crippen LogP contribution is -2.52. The molecule has 198 valence electrons. The van der Waals surface area contributed by atoms with E-state index in [0.717, 1.165) is 34.5 Å². The van der Waals surface area contributed by atoms with Crippen LogP contribution in [0.2, 0.25) is 10.0 Å². The second kappa shape index (κ2) is 13.3. The van der Waals surface area contributed by atoms with Gasteiger partial charge in [-0.25, -0.2) is 8.42 Å². The van der Waals surface area contributed by atoms with Crippen molar-refractivity contribution in [1.29, 1.82) is 0 Å². The molecule has 0 aliphatic rings. The Morgan fingerprint density at radius 2 is 1.72 bits per heavy atom. The summed E-state index contributed by atoms with van der Waals surface area (Å²) in [7, 11) is -3.79. The predicted molar refractivity (Wildman–Crippen MR) is 147 cm³/mol. The number of rotatable bonds is 12. The van der Waals surface area contributed by atoms with Crippen molar-refractivity contribution in [3.05, 3.63) is 63.1 Å². The summed E-state index contributed by atoms with van der Waals surface area (Å²) in [4.78, 5) is 28.2. The minimum Gasteiger partial charge on any atom is -0.354 e. The Balaban J connectivity index is 2.46. The smallest absolute Gasteiger partial charge is 0.244 e. The number of nitrogens with one attached hydrogen (secondary N) is 1.